The highest BCUT2D eigenvalue weighted by atomic mass is 16.5. The maximum Gasteiger partial charge on any atom is 0.319 e. The van der Waals surface area contributed by atoms with Crippen molar-refractivity contribution in [1.82, 2.24) is 15.0 Å². The van der Waals surface area contributed by atoms with E-state index in [0.717, 1.165) is 24.2 Å². The van der Waals surface area contributed by atoms with Gasteiger partial charge in [-0.05, 0) is 31.0 Å². The first-order chi connectivity index (χ1) is 8.76. The molecule has 18 heavy (non-hydrogen) atoms. The lowest BCUT2D eigenvalue weighted by Gasteiger charge is -2.11. The second kappa shape index (κ2) is 3.94. The fraction of sp³-hybridized carbons (Fsp3) is 0.308. The van der Waals surface area contributed by atoms with Crippen LogP contribution in [0.2, 0.25) is 0 Å². The van der Waals surface area contributed by atoms with E-state index < -0.39 is 5.41 Å². The Morgan fingerprint density at radius 1 is 1.44 bits per heavy atom. The highest BCUT2D eigenvalue weighted by Crippen LogP contribution is 2.47. The first-order valence-corrected chi connectivity index (χ1v) is 5.82. The fourth-order valence-corrected chi connectivity index (χ4v) is 2.07. The summed E-state index contributed by atoms with van der Waals surface area (Å²) in [6, 6.07) is 5.66. The molecule has 2 heterocycles. The molecule has 1 fully saturated rings. The average Bonchev–Trinajstić information content (AvgIpc) is 3.05. The third-order valence-corrected chi connectivity index (χ3v) is 3.28. The lowest BCUT2D eigenvalue weighted by Crippen LogP contribution is -2.24. The molecule has 0 aliphatic heterocycles. The normalized spacial score (nSPS) is 16.3. The van der Waals surface area contributed by atoms with E-state index in [1.807, 2.05) is 24.4 Å². The van der Waals surface area contributed by atoms with Crippen molar-refractivity contribution < 1.29 is 9.53 Å². The van der Waals surface area contributed by atoms with Crippen LogP contribution in [-0.2, 0) is 14.9 Å². The summed E-state index contributed by atoms with van der Waals surface area (Å²) < 4.78 is 4.84. The number of H-pyrrole nitrogens is 1. The van der Waals surface area contributed by atoms with Gasteiger partial charge in [-0.3, -0.25) is 4.79 Å². The number of methoxy groups -OCH3 is 1. The zero-order chi connectivity index (χ0) is 12.6. The zero-order valence-corrected chi connectivity index (χ0v) is 10.0. The lowest BCUT2D eigenvalue weighted by molar-refractivity contribution is -0.143. The molecule has 92 valence electrons. The van der Waals surface area contributed by atoms with Gasteiger partial charge in [-0.15, -0.1) is 0 Å². The van der Waals surface area contributed by atoms with Crippen LogP contribution in [0.25, 0.3) is 11.4 Å². The Balaban J connectivity index is 2.00. The summed E-state index contributed by atoms with van der Waals surface area (Å²) in [5, 5.41) is 0. The van der Waals surface area contributed by atoms with Crippen LogP contribution < -0.4 is 0 Å². The standard InChI is InChI=1S/C13H13N3O2/c1-18-12(17)13(5-6-13)11-15-8-4-10(16-11)9-3-2-7-14-9/h2-4,7-8,14H,5-6H2,1H3. The number of aromatic amines is 1. The van der Waals surface area contributed by atoms with Gasteiger partial charge in [0.05, 0.1) is 18.5 Å². The third-order valence-electron chi connectivity index (χ3n) is 3.28. The molecule has 0 radical (unpaired) electrons. The average molecular weight is 243 g/mol. The molecule has 5 heteroatoms. The summed E-state index contributed by atoms with van der Waals surface area (Å²) in [4.78, 5) is 23.6. The van der Waals surface area contributed by atoms with Gasteiger partial charge in [0.25, 0.3) is 0 Å². The Kier molecular flexibility index (Phi) is 2.40. The van der Waals surface area contributed by atoms with E-state index >= 15 is 0 Å². The molecule has 2 aromatic heterocycles. The van der Waals surface area contributed by atoms with Crippen molar-refractivity contribution in [3.05, 3.63) is 36.4 Å². The molecular formula is C13H13N3O2. The van der Waals surface area contributed by atoms with Crippen LogP contribution in [0, 0.1) is 0 Å². The molecule has 3 rings (SSSR count). The smallest absolute Gasteiger partial charge is 0.319 e. The number of aromatic nitrogens is 3. The van der Waals surface area contributed by atoms with Crippen molar-refractivity contribution in [2.24, 2.45) is 0 Å². The van der Waals surface area contributed by atoms with Crippen LogP contribution >= 0.6 is 0 Å². The number of nitrogens with one attached hydrogen (secondary N) is 1. The van der Waals surface area contributed by atoms with Crippen molar-refractivity contribution >= 4 is 5.97 Å². The minimum atomic E-state index is -0.614. The summed E-state index contributed by atoms with van der Waals surface area (Å²) in [5.74, 6) is 0.313. The summed E-state index contributed by atoms with van der Waals surface area (Å²) >= 11 is 0. The van der Waals surface area contributed by atoms with Gasteiger partial charge in [-0.2, -0.15) is 0 Å². The predicted molar refractivity (Wildman–Crippen MR) is 64.7 cm³/mol. The molecular weight excluding hydrogens is 230 g/mol. The van der Waals surface area contributed by atoms with Crippen molar-refractivity contribution in [3.8, 4) is 11.4 Å². The van der Waals surface area contributed by atoms with E-state index in [0.29, 0.717) is 5.82 Å². The molecule has 1 aliphatic rings. The number of carbonyl (C=O) groups is 1. The van der Waals surface area contributed by atoms with Gasteiger partial charge < -0.3 is 9.72 Å². The number of hydrogen-bond donors (Lipinski definition) is 1. The highest BCUT2D eigenvalue weighted by molar-refractivity contribution is 5.85. The van der Waals surface area contributed by atoms with Gasteiger partial charge >= 0.3 is 5.97 Å². The summed E-state index contributed by atoms with van der Waals surface area (Å²) in [5.41, 5.74) is 1.09. The zero-order valence-electron chi connectivity index (χ0n) is 10.0. The van der Waals surface area contributed by atoms with Gasteiger partial charge in [0.2, 0.25) is 0 Å². The molecule has 1 saturated carbocycles. The second-order valence-electron chi connectivity index (χ2n) is 4.42. The quantitative estimate of drug-likeness (QED) is 0.833. The molecule has 0 aromatic carbocycles. The minimum absolute atomic E-state index is 0.244. The van der Waals surface area contributed by atoms with Crippen molar-refractivity contribution in [2.45, 2.75) is 18.3 Å². The number of esters is 1. The first-order valence-electron chi connectivity index (χ1n) is 5.82. The van der Waals surface area contributed by atoms with E-state index in [1.54, 1.807) is 6.20 Å². The van der Waals surface area contributed by atoms with Gasteiger partial charge in [0.1, 0.15) is 11.2 Å². The largest absolute Gasteiger partial charge is 0.468 e. The van der Waals surface area contributed by atoms with Gasteiger partial charge in [-0.25, -0.2) is 9.97 Å². The van der Waals surface area contributed by atoms with Crippen LogP contribution in [0.15, 0.2) is 30.6 Å². The molecule has 0 spiro atoms. The number of carbonyl (C=O) groups excluding carboxylic acids is 1. The summed E-state index contributed by atoms with van der Waals surface area (Å²) in [6.45, 7) is 0. The van der Waals surface area contributed by atoms with Gasteiger partial charge in [0, 0.05) is 12.4 Å². The Morgan fingerprint density at radius 3 is 2.89 bits per heavy atom. The van der Waals surface area contributed by atoms with E-state index in [1.165, 1.54) is 7.11 Å². The number of hydrogen-bond acceptors (Lipinski definition) is 4. The number of nitrogens with zero attached hydrogens (tertiary/aromatic N) is 2. The fourth-order valence-electron chi connectivity index (χ4n) is 2.07. The Labute approximate surface area is 104 Å². The van der Waals surface area contributed by atoms with Crippen LogP contribution in [-0.4, -0.2) is 28.0 Å². The van der Waals surface area contributed by atoms with E-state index in [2.05, 4.69) is 15.0 Å². The molecule has 0 atom stereocenters. The van der Waals surface area contributed by atoms with Crippen molar-refractivity contribution in [2.75, 3.05) is 7.11 Å². The highest BCUT2D eigenvalue weighted by Gasteiger charge is 2.55. The summed E-state index contributed by atoms with van der Waals surface area (Å²) in [6.07, 6.45) is 5.04. The van der Waals surface area contributed by atoms with E-state index in [4.69, 9.17) is 4.74 Å². The molecule has 0 saturated heterocycles. The lowest BCUT2D eigenvalue weighted by atomic mass is 10.1. The van der Waals surface area contributed by atoms with Crippen molar-refractivity contribution in [1.29, 1.82) is 0 Å². The Bertz CT molecular complexity index is 574. The Hall–Kier alpha value is -2.17. The number of rotatable bonds is 3. The maximum absolute atomic E-state index is 11.8. The maximum atomic E-state index is 11.8. The summed E-state index contributed by atoms with van der Waals surface area (Å²) in [7, 11) is 1.40. The van der Waals surface area contributed by atoms with Crippen LogP contribution in [0.5, 0.6) is 0 Å². The van der Waals surface area contributed by atoms with Crippen molar-refractivity contribution in [3.63, 3.8) is 0 Å². The SMILES string of the molecule is COC(=O)C1(c2nccc(-c3ccc[nH]3)n2)CC1. The third kappa shape index (κ3) is 1.59. The predicted octanol–water partition coefficient (Wildman–Crippen LogP) is 1.68. The molecule has 0 bridgehead atoms. The second-order valence-corrected chi connectivity index (χ2v) is 4.42. The topological polar surface area (TPSA) is 67.9 Å². The molecule has 2 aromatic rings. The molecule has 0 unspecified atom stereocenters. The monoisotopic (exact) mass is 243 g/mol. The number of ether oxygens (including phenoxy) is 1. The van der Waals surface area contributed by atoms with Gasteiger partial charge in [0.15, 0.2) is 0 Å². The van der Waals surface area contributed by atoms with E-state index in [9.17, 15) is 4.79 Å². The molecule has 5 nitrogen and oxygen atoms in total. The van der Waals surface area contributed by atoms with Crippen LogP contribution in [0.1, 0.15) is 18.7 Å². The molecule has 1 N–H and O–H groups in total. The first kappa shape index (κ1) is 11.0. The van der Waals surface area contributed by atoms with Gasteiger partial charge in [-0.1, -0.05) is 0 Å². The van der Waals surface area contributed by atoms with E-state index in [-0.39, 0.29) is 5.97 Å². The van der Waals surface area contributed by atoms with Crippen LogP contribution in [0.4, 0.5) is 0 Å². The van der Waals surface area contributed by atoms with Crippen LogP contribution in [0.3, 0.4) is 0 Å². The minimum Gasteiger partial charge on any atom is -0.468 e. The Morgan fingerprint density at radius 2 is 2.28 bits per heavy atom. The molecule has 0 amide bonds. The molecule has 1 aliphatic carbocycles.